The Bertz CT molecular complexity index is 617. The number of para-hydroxylation sites is 1. The van der Waals surface area contributed by atoms with E-state index in [1.807, 2.05) is 29.2 Å². The maximum absolute atomic E-state index is 12.9. The number of aryl methyl sites for hydroxylation is 1. The molecule has 1 aliphatic heterocycles. The van der Waals surface area contributed by atoms with E-state index in [4.69, 9.17) is 0 Å². The zero-order chi connectivity index (χ0) is 17.2. The molecule has 1 saturated heterocycles. The van der Waals surface area contributed by atoms with Crippen molar-refractivity contribution in [2.75, 3.05) is 38.0 Å². The first kappa shape index (κ1) is 17.0. The van der Waals surface area contributed by atoms with Crippen LogP contribution in [0.1, 0.15) is 32.3 Å². The summed E-state index contributed by atoms with van der Waals surface area (Å²) < 4.78 is 0. The number of amides is 2. The van der Waals surface area contributed by atoms with E-state index in [-0.39, 0.29) is 11.8 Å². The van der Waals surface area contributed by atoms with Crippen molar-refractivity contribution in [2.24, 2.45) is 5.41 Å². The Morgan fingerprint density at radius 2 is 1.75 bits per heavy atom. The zero-order valence-corrected chi connectivity index (χ0v) is 14.7. The number of hydrogen-bond donors (Lipinski definition) is 1. The van der Waals surface area contributed by atoms with E-state index in [9.17, 15) is 9.59 Å². The molecule has 0 unspecified atom stereocenters. The van der Waals surface area contributed by atoms with Gasteiger partial charge < -0.3 is 15.1 Å². The monoisotopic (exact) mass is 329 g/mol. The van der Waals surface area contributed by atoms with Crippen LogP contribution in [-0.4, -0.2) is 54.3 Å². The fourth-order valence-corrected chi connectivity index (χ4v) is 3.43. The first-order chi connectivity index (χ1) is 11.6. The molecule has 0 aromatic heterocycles. The Morgan fingerprint density at radius 1 is 1.08 bits per heavy atom. The molecular weight excluding hydrogens is 302 g/mol. The first-order valence-electron chi connectivity index (χ1n) is 9.02. The summed E-state index contributed by atoms with van der Waals surface area (Å²) in [6, 6.07) is 7.82. The topological polar surface area (TPSA) is 52.7 Å². The molecule has 0 radical (unpaired) electrons. The molecule has 1 heterocycles. The second kappa shape index (κ2) is 6.93. The van der Waals surface area contributed by atoms with Gasteiger partial charge in [0, 0.05) is 31.9 Å². The van der Waals surface area contributed by atoms with Gasteiger partial charge in [-0.2, -0.15) is 0 Å². The summed E-state index contributed by atoms with van der Waals surface area (Å²) in [6.45, 7) is 8.48. The van der Waals surface area contributed by atoms with Crippen LogP contribution in [0, 0.1) is 5.41 Å². The zero-order valence-electron chi connectivity index (χ0n) is 14.7. The van der Waals surface area contributed by atoms with Gasteiger partial charge in [0.25, 0.3) is 0 Å². The average molecular weight is 329 g/mol. The molecule has 1 aliphatic carbocycles. The lowest BCUT2D eigenvalue weighted by molar-refractivity contribution is -0.143. The Balaban J connectivity index is 1.67. The van der Waals surface area contributed by atoms with Crippen LogP contribution in [-0.2, 0) is 16.0 Å². The fraction of sp³-hybridized carbons (Fsp3) is 0.579. The smallest absolute Gasteiger partial charge is 0.240 e. The highest BCUT2D eigenvalue weighted by atomic mass is 16.2. The molecule has 0 atom stereocenters. The highest BCUT2D eigenvalue weighted by Crippen LogP contribution is 2.48. The Kier molecular flexibility index (Phi) is 4.90. The minimum absolute atomic E-state index is 0.0183. The van der Waals surface area contributed by atoms with Crippen LogP contribution < -0.4 is 5.32 Å². The van der Waals surface area contributed by atoms with E-state index in [0.29, 0.717) is 12.8 Å². The van der Waals surface area contributed by atoms with E-state index in [1.54, 1.807) is 0 Å². The number of rotatable bonds is 5. The molecule has 130 valence electrons. The number of benzene rings is 1. The van der Waals surface area contributed by atoms with E-state index >= 15 is 0 Å². The van der Waals surface area contributed by atoms with Gasteiger partial charge in [-0.1, -0.05) is 32.0 Å². The van der Waals surface area contributed by atoms with Crippen molar-refractivity contribution in [1.29, 1.82) is 0 Å². The third kappa shape index (κ3) is 3.18. The van der Waals surface area contributed by atoms with Crippen molar-refractivity contribution in [1.82, 2.24) is 9.80 Å². The SMILES string of the molecule is CCc1ccccc1NC(=O)C1(C(=O)N2CCN(CC)CC2)CC1. The molecule has 0 bridgehead atoms. The molecule has 1 aromatic carbocycles. The number of piperazine rings is 1. The van der Waals surface area contributed by atoms with E-state index in [1.165, 1.54) is 0 Å². The molecular formula is C19H27N3O2. The molecule has 0 spiro atoms. The number of carbonyl (C=O) groups excluding carboxylic acids is 2. The Labute approximate surface area is 144 Å². The molecule has 1 N–H and O–H groups in total. The van der Waals surface area contributed by atoms with Gasteiger partial charge in [-0.3, -0.25) is 9.59 Å². The number of anilines is 1. The predicted molar refractivity (Wildman–Crippen MR) is 94.8 cm³/mol. The number of nitrogens with one attached hydrogen (secondary N) is 1. The molecule has 2 aliphatic rings. The fourth-order valence-electron chi connectivity index (χ4n) is 3.43. The third-order valence-corrected chi connectivity index (χ3v) is 5.35. The van der Waals surface area contributed by atoms with Gasteiger partial charge in [-0.25, -0.2) is 0 Å². The Morgan fingerprint density at radius 3 is 2.33 bits per heavy atom. The van der Waals surface area contributed by atoms with Crippen LogP contribution in [0.2, 0.25) is 0 Å². The predicted octanol–water partition coefficient (Wildman–Crippen LogP) is 2.13. The quantitative estimate of drug-likeness (QED) is 0.842. The Hall–Kier alpha value is -1.88. The maximum Gasteiger partial charge on any atom is 0.240 e. The summed E-state index contributed by atoms with van der Waals surface area (Å²) in [5.74, 6) is -0.115. The van der Waals surface area contributed by atoms with Gasteiger partial charge in [0.1, 0.15) is 5.41 Å². The second-order valence-electron chi connectivity index (χ2n) is 6.77. The summed E-state index contributed by atoms with van der Waals surface area (Å²) in [6.07, 6.45) is 2.19. The van der Waals surface area contributed by atoms with Gasteiger partial charge in [0.2, 0.25) is 11.8 Å². The van der Waals surface area contributed by atoms with Crippen molar-refractivity contribution in [3.8, 4) is 0 Å². The van der Waals surface area contributed by atoms with E-state index in [2.05, 4.69) is 24.1 Å². The van der Waals surface area contributed by atoms with Crippen LogP contribution in [0.15, 0.2) is 24.3 Å². The largest absolute Gasteiger partial charge is 0.339 e. The molecule has 5 heteroatoms. The molecule has 2 amide bonds. The highest BCUT2D eigenvalue weighted by molar-refractivity contribution is 6.13. The van der Waals surface area contributed by atoms with Crippen LogP contribution >= 0.6 is 0 Å². The van der Waals surface area contributed by atoms with Gasteiger partial charge in [-0.15, -0.1) is 0 Å². The van der Waals surface area contributed by atoms with Crippen LogP contribution in [0.4, 0.5) is 5.69 Å². The summed E-state index contributed by atoms with van der Waals surface area (Å²) >= 11 is 0. The van der Waals surface area contributed by atoms with Crippen molar-refractivity contribution < 1.29 is 9.59 Å². The van der Waals surface area contributed by atoms with Gasteiger partial charge in [-0.05, 0) is 37.4 Å². The van der Waals surface area contributed by atoms with Crippen LogP contribution in [0.5, 0.6) is 0 Å². The molecule has 24 heavy (non-hydrogen) atoms. The lowest BCUT2D eigenvalue weighted by Crippen LogP contribution is -2.52. The van der Waals surface area contributed by atoms with E-state index < -0.39 is 5.41 Å². The van der Waals surface area contributed by atoms with E-state index in [0.717, 1.165) is 50.4 Å². The maximum atomic E-state index is 12.9. The average Bonchev–Trinajstić information content (AvgIpc) is 3.43. The second-order valence-corrected chi connectivity index (χ2v) is 6.77. The summed E-state index contributed by atoms with van der Waals surface area (Å²) in [5, 5.41) is 3.01. The highest BCUT2D eigenvalue weighted by Gasteiger charge is 2.58. The van der Waals surface area contributed by atoms with Crippen molar-refractivity contribution in [3.05, 3.63) is 29.8 Å². The minimum atomic E-state index is -0.824. The lowest BCUT2D eigenvalue weighted by atomic mass is 10.0. The van der Waals surface area contributed by atoms with Crippen molar-refractivity contribution >= 4 is 17.5 Å². The van der Waals surface area contributed by atoms with Crippen LogP contribution in [0.3, 0.4) is 0 Å². The number of nitrogens with zero attached hydrogens (tertiary/aromatic N) is 2. The lowest BCUT2D eigenvalue weighted by Gasteiger charge is -2.35. The van der Waals surface area contributed by atoms with Crippen molar-refractivity contribution in [3.63, 3.8) is 0 Å². The molecule has 2 fully saturated rings. The molecule has 1 saturated carbocycles. The van der Waals surface area contributed by atoms with Gasteiger partial charge >= 0.3 is 0 Å². The standard InChI is InChI=1S/C19H27N3O2/c1-3-15-7-5-6-8-16(15)20-17(23)19(9-10-19)18(24)22-13-11-21(4-2)12-14-22/h5-8H,3-4,9-14H2,1-2H3,(H,20,23). The minimum Gasteiger partial charge on any atom is -0.339 e. The summed E-state index contributed by atoms with van der Waals surface area (Å²) in [4.78, 5) is 29.9. The number of carbonyl (C=O) groups is 2. The normalized spacial score (nSPS) is 19.8. The summed E-state index contributed by atoms with van der Waals surface area (Å²) in [7, 11) is 0. The third-order valence-electron chi connectivity index (χ3n) is 5.35. The molecule has 3 rings (SSSR count). The van der Waals surface area contributed by atoms with Crippen molar-refractivity contribution in [2.45, 2.75) is 33.1 Å². The van der Waals surface area contributed by atoms with Gasteiger partial charge in [0.15, 0.2) is 0 Å². The first-order valence-corrected chi connectivity index (χ1v) is 9.02. The number of likely N-dealkylation sites (N-methyl/N-ethyl adjacent to an activating group) is 1. The van der Waals surface area contributed by atoms with Crippen LogP contribution in [0.25, 0.3) is 0 Å². The molecule has 1 aromatic rings. The summed E-state index contributed by atoms with van der Waals surface area (Å²) in [5.41, 5.74) is 1.11. The number of hydrogen-bond acceptors (Lipinski definition) is 3. The van der Waals surface area contributed by atoms with Gasteiger partial charge in [0.05, 0.1) is 0 Å². The molecule has 5 nitrogen and oxygen atoms in total.